The monoisotopic (exact) mass is 275 g/mol. The SMILES string of the molecule is Cc1cccc(CSC(c2ccc(C)o2)C(C)N)c1. The molecule has 0 bridgehead atoms. The summed E-state index contributed by atoms with van der Waals surface area (Å²) in [5.74, 6) is 2.87. The van der Waals surface area contributed by atoms with Gasteiger partial charge in [-0.2, -0.15) is 0 Å². The predicted molar refractivity (Wildman–Crippen MR) is 82.3 cm³/mol. The third-order valence-corrected chi connectivity index (χ3v) is 4.55. The molecule has 0 aliphatic rings. The van der Waals surface area contributed by atoms with Crippen LogP contribution < -0.4 is 5.73 Å². The number of hydrogen-bond acceptors (Lipinski definition) is 3. The number of hydrogen-bond donors (Lipinski definition) is 1. The lowest BCUT2D eigenvalue weighted by atomic mass is 10.2. The third-order valence-electron chi connectivity index (χ3n) is 3.03. The van der Waals surface area contributed by atoms with Gasteiger partial charge >= 0.3 is 0 Å². The normalized spacial score (nSPS) is 14.3. The van der Waals surface area contributed by atoms with E-state index in [1.807, 2.05) is 37.7 Å². The number of rotatable bonds is 5. The molecule has 2 nitrogen and oxygen atoms in total. The Balaban J connectivity index is 2.06. The standard InChI is InChI=1S/C16H21NOS/c1-11-5-4-6-14(9-11)10-19-16(13(3)17)15-8-7-12(2)18-15/h4-9,13,16H,10,17H2,1-3H3. The van der Waals surface area contributed by atoms with Gasteiger partial charge in [-0.05, 0) is 38.5 Å². The van der Waals surface area contributed by atoms with Gasteiger partial charge in [-0.1, -0.05) is 29.8 Å². The van der Waals surface area contributed by atoms with E-state index < -0.39 is 0 Å². The number of nitrogens with two attached hydrogens (primary N) is 1. The molecule has 2 unspecified atom stereocenters. The summed E-state index contributed by atoms with van der Waals surface area (Å²) in [5.41, 5.74) is 8.72. The van der Waals surface area contributed by atoms with E-state index in [2.05, 4.69) is 31.2 Å². The molecule has 0 spiro atoms. The second kappa shape index (κ2) is 6.31. The van der Waals surface area contributed by atoms with Crippen molar-refractivity contribution in [3.05, 3.63) is 59.0 Å². The van der Waals surface area contributed by atoms with E-state index >= 15 is 0 Å². The molecule has 1 heterocycles. The zero-order chi connectivity index (χ0) is 13.8. The third kappa shape index (κ3) is 3.88. The van der Waals surface area contributed by atoms with Crippen molar-refractivity contribution in [3.8, 4) is 0 Å². The van der Waals surface area contributed by atoms with Crippen molar-refractivity contribution in [2.45, 2.75) is 37.8 Å². The highest BCUT2D eigenvalue weighted by atomic mass is 32.2. The minimum atomic E-state index is 0.0698. The van der Waals surface area contributed by atoms with Crippen LogP contribution in [0.1, 0.15) is 34.8 Å². The van der Waals surface area contributed by atoms with Crippen molar-refractivity contribution in [3.63, 3.8) is 0 Å². The Hall–Kier alpha value is -1.19. The summed E-state index contributed by atoms with van der Waals surface area (Å²) in [7, 11) is 0. The van der Waals surface area contributed by atoms with Gasteiger partial charge in [0, 0.05) is 11.8 Å². The fraction of sp³-hybridized carbons (Fsp3) is 0.375. The Morgan fingerprint density at radius 2 is 2.00 bits per heavy atom. The molecular weight excluding hydrogens is 254 g/mol. The molecule has 1 aromatic carbocycles. The minimum absolute atomic E-state index is 0.0698. The Morgan fingerprint density at radius 3 is 2.58 bits per heavy atom. The molecule has 1 aromatic heterocycles. The highest BCUT2D eigenvalue weighted by molar-refractivity contribution is 7.98. The van der Waals surface area contributed by atoms with Crippen molar-refractivity contribution >= 4 is 11.8 Å². The molecular formula is C16H21NOS. The smallest absolute Gasteiger partial charge is 0.118 e. The Labute approximate surface area is 119 Å². The lowest BCUT2D eigenvalue weighted by Gasteiger charge is -2.18. The van der Waals surface area contributed by atoms with Crippen LogP contribution in [0.4, 0.5) is 0 Å². The Kier molecular flexibility index (Phi) is 4.72. The van der Waals surface area contributed by atoms with Crippen LogP contribution >= 0.6 is 11.8 Å². The van der Waals surface area contributed by atoms with Gasteiger partial charge in [0.05, 0.1) is 5.25 Å². The van der Waals surface area contributed by atoms with E-state index in [1.165, 1.54) is 11.1 Å². The number of benzene rings is 1. The second-order valence-electron chi connectivity index (χ2n) is 5.03. The predicted octanol–water partition coefficient (Wildman–Crippen LogP) is 4.22. The average Bonchev–Trinajstić information content (AvgIpc) is 2.76. The summed E-state index contributed by atoms with van der Waals surface area (Å²) in [5, 5.41) is 0.203. The lowest BCUT2D eigenvalue weighted by Crippen LogP contribution is -2.22. The minimum Gasteiger partial charge on any atom is -0.465 e. The molecule has 2 rings (SSSR count). The summed E-state index contributed by atoms with van der Waals surface area (Å²) >= 11 is 1.84. The largest absolute Gasteiger partial charge is 0.465 e. The van der Waals surface area contributed by atoms with Gasteiger partial charge in [0.2, 0.25) is 0 Å². The topological polar surface area (TPSA) is 39.2 Å². The van der Waals surface area contributed by atoms with Crippen LogP contribution in [0.25, 0.3) is 0 Å². The van der Waals surface area contributed by atoms with Crippen molar-refractivity contribution in [2.75, 3.05) is 0 Å². The van der Waals surface area contributed by atoms with Crippen molar-refractivity contribution in [1.82, 2.24) is 0 Å². The molecule has 0 aliphatic heterocycles. The fourth-order valence-electron chi connectivity index (χ4n) is 2.09. The van der Waals surface area contributed by atoms with Gasteiger partial charge in [-0.15, -0.1) is 11.8 Å². The summed E-state index contributed by atoms with van der Waals surface area (Å²) in [6.07, 6.45) is 0. The van der Waals surface area contributed by atoms with Crippen LogP contribution in [0.15, 0.2) is 40.8 Å². The molecule has 2 atom stereocenters. The highest BCUT2D eigenvalue weighted by Gasteiger charge is 2.20. The zero-order valence-electron chi connectivity index (χ0n) is 11.7. The maximum Gasteiger partial charge on any atom is 0.118 e. The molecule has 3 heteroatoms. The number of thioether (sulfide) groups is 1. The molecule has 0 amide bonds. The van der Waals surface area contributed by atoms with Gasteiger partial charge in [-0.3, -0.25) is 0 Å². The molecule has 2 N–H and O–H groups in total. The van der Waals surface area contributed by atoms with Crippen molar-refractivity contribution in [1.29, 1.82) is 0 Å². The first kappa shape index (κ1) is 14.2. The van der Waals surface area contributed by atoms with E-state index in [0.717, 1.165) is 17.3 Å². The summed E-state index contributed by atoms with van der Waals surface area (Å²) in [6, 6.07) is 12.7. The van der Waals surface area contributed by atoms with E-state index in [-0.39, 0.29) is 11.3 Å². The Morgan fingerprint density at radius 1 is 1.21 bits per heavy atom. The molecule has 0 saturated heterocycles. The second-order valence-corrected chi connectivity index (χ2v) is 6.16. The molecule has 0 radical (unpaired) electrons. The zero-order valence-corrected chi connectivity index (χ0v) is 12.5. The number of furan rings is 1. The van der Waals surface area contributed by atoms with Gasteiger partial charge in [0.25, 0.3) is 0 Å². The highest BCUT2D eigenvalue weighted by Crippen LogP contribution is 2.34. The molecule has 2 aromatic rings. The van der Waals surface area contributed by atoms with E-state index in [4.69, 9.17) is 10.2 Å². The molecule has 0 fully saturated rings. The first-order valence-corrected chi connectivity index (χ1v) is 7.60. The van der Waals surface area contributed by atoms with Crippen LogP contribution in [-0.4, -0.2) is 6.04 Å². The number of aryl methyl sites for hydroxylation is 2. The maximum absolute atomic E-state index is 6.09. The Bertz CT molecular complexity index is 533. The first-order valence-electron chi connectivity index (χ1n) is 6.55. The quantitative estimate of drug-likeness (QED) is 0.888. The van der Waals surface area contributed by atoms with Crippen LogP contribution in [0.3, 0.4) is 0 Å². The van der Waals surface area contributed by atoms with Gasteiger partial charge in [-0.25, -0.2) is 0 Å². The molecule has 102 valence electrons. The maximum atomic E-state index is 6.09. The molecule has 0 saturated carbocycles. The fourth-order valence-corrected chi connectivity index (χ4v) is 3.23. The van der Waals surface area contributed by atoms with E-state index in [9.17, 15) is 0 Å². The van der Waals surface area contributed by atoms with Crippen LogP contribution in [0, 0.1) is 13.8 Å². The summed E-state index contributed by atoms with van der Waals surface area (Å²) in [6.45, 7) is 6.12. The van der Waals surface area contributed by atoms with Gasteiger partial charge in [0.1, 0.15) is 11.5 Å². The summed E-state index contributed by atoms with van der Waals surface area (Å²) < 4.78 is 5.72. The molecule has 0 aliphatic carbocycles. The van der Waals surface area contributed by atoms with Crippen molar-refractivity contribution in [2.24, 2.45) is 5.73 Å². The first-order chi connectivity index (χ1) is 9.06. The van der Waals surface area contributed by atoms with Crippen LogP contribution in [-0.2, 0) is 5.75 Å². The van der Waals surface area contributed by atoms with Crippen molar-refractivity contribution < 1.29 is 4.42 Å². The van der Waals surface area contributed by atoms with E-state index in [0.29, 0.717) is 0 Å². The average molecular weight is 275 g/mol. The van der Waals surface area contributed by atoms with Crippen LogP contribution in [0.2, 0.25) is 0 Å². The van der Waals surface area contributed by atoms with Crippen LogP contribution in [0.5, 0.6) is 0 Å². The van der Waals surface area contributed by atoms with Gasteiger partial charge < -0.3 is 10.2 Å². The van der Waals surface area contributed by atoms with E-state index in [1.54, 1.807) is 0 Å². The molecule has 19 heavy (non-hydrogen) atoms. The lowest BCUT2D eigenvalue weighted by molar-refractivity contribution is 0.464. The summed E-state index contributed by atoms with van der Waals surface area (Å²) in [4.78, 5) is 0. The van der Waals surface area contributed by atoms with Gasteiger partial charge in [0.15, 0.2) is 0 Å².